The average molecular weight is 514 g/mol. The largest absolute Gasteiger partial charge is 0.310 e. The second-order valence-corrected chi connectivity index (χ2v) is 12.3. The molecule has 0 unspecified atom stereocenters. The Balaban J connectivity index is 1.26. The van der Waals surface area contributed by atoms with E-state index in [9.17, 15) is 13.2 Å². The molecule has 184 valence electrons. The summed E-state index contributed by atoms with van der Waals surface area (Å²) in [6.07, 6.45) is 8.10. The van der Waals surface area contributed by atoms with Crippen LogP contribution in [0.5, 0.6) is 0 Å². The van der Waals surface area contributed by atoms with Crippen LogP contribution >= 0.6 is 11.3 Å². The Morgan fingerprint density at radius 1 is 1.23 bits per heavy atom. The summed E-state index contributed by atoms with van der Waals surface area (Å²) in [6, 6.07) is 6.16. The second kappa shape index (κ2) is 9.56. The van der Waals surface area contributed by atoms with Crippen LogP contribution in [0.25, 0.3) is 21.3 Å². The van der Waals surface area contributed by atoms with Gasteiger partial charge in [0.25, 0.3) is 0 Å². The molecule has 0 spiro atoms. The van der Waals surface area contributed by atoms with E-state index in [0.717, 1.165) is 34.2 Å². The molecule has 0 bridgehead atoms. The number of piperidine rings is 1. The molecule has 4 heterocycles. The number of carbonyl (C=O) groups excluding carboxylic acids is 1. The highest BCUT2D eigenvalue weighted by atomic mass is 32.2. The Kier molecular flexibility index (Phi) is 6.48. The lowest BCUT2D eigenvalue weighted by Crippen LogP contribution is -2.39. The Morgan fingerprint density at radius 2 is 2.03 bits per heavy atom. The van der Waals surface area contributed by atoms with Gasteiger partial charge in [0.1, 0.15) is 0 Å². The van der Waals surface area contributed by atoms with Gasteiger partial charge in [0.2, 0.25) is 15.9 Å². The zero-order valence-electron chi connectivity index (χ0n) is 19.4. The summed E-state index contributed by atoms with van der Waals surface area (Å²) >= 11 is 1.43. The van der Waals surface area contributed by atoms with Crippen LogP contribution in [0.4, 0.5) is 5.13 Å². The first-order valence-corrected chi connectivity index (χ1v) is 14.2. The minimum absolute atomic E-state index is 0.0962. The minimum atomic E-state index is -3.14. The zero-order valence-corrected chi connectivity index (χ0v) is 21.1. The summed E-state index contributed by atoms with van der Waals surface area (Å²) < 4.78 is 28.7. The minimum Gasteiger partial charge on any atom is -0.310 e. The number of amides is 1. The lowest BCUT2D eigenvalue weighted by molar-refractivity contribution is -0.119. The van der Waals surface area contributed by atoms with Gasteiger partial charge >= 0.3 is 0 Å². The highest BCUT2D eigenvalue weighted by molar-refractivity contribution is 7.89. The van der Waals surface area contributed by atoms with Gasteiger partial charge in [-0.1, -0.05) is 17.4 Å². The number of rotatable bonds is 6. The molecule has 35 heavy (non-hydrogen) atoms. The van der Waals surface area contributed by atoms with Crippen molar-refractivity contribution in [1.82, 2.24) is 24.0 Å². The molecule has 12 heteroatoms. The molecular formula is C23H27N7O3S2. The molecule has 2 fully saturated rings. The van der Waals surface area contributed by atoms with Gasteiger partial charge in [-0.25, -0.2) is 17.7 Å². The molecule has 5 rings (SSSR count). The number of carbonyl (C=O) groups is 1. The van der Waals surface area contributed by atoms with Crippen LogP contribution in [-0.2, 0) is 14.8 Å². The van der Waals surface area contributed by atoms with Crippen LogP contribution < -0.4 is 5.32 Å². The van der Waals surface area contributed by atoms with Crippen molar-refractivity contribution in [3.8, 4) is 17.3 Å². The first kappa shape index (κ1) is 23.7. The molecule has 2 saturated heterocycles. The number of nitriles is 1. The molecule has 2 aliphatic rings. The molecule has 0 saturated carbocycles. The number of aromatic nitrogens is 3. The fourth-order valence-corrected chi connectivity index (χ4v) is 6.72. The molecule has 0 aliphatic carbocycles. The quantitative estimate of drug-likeness (QED) is 0.503. The van der Waals surface area contributed by atoms with Gasteiger partial charge in [-0.15, -0.1) is 0 Å². The number of hydrogen-bond acceptors (Lipinski definition) is 8. The molecule has 1 atom stereocenters. The first-order valence-electron chi connectivity index (χ1n) is 11.7. The number of sulfonamides is 1. The van der Waals surface area contributed by atoms with Crippen molar-refractivity contribution in [2.45, 2.75) is 32.2 Å². The van der Waals surface area contributed by atoms with Crippen molar-refractivity contribution in [1.29, 1.82) is 5.26 Å². The number of nitrogens with zero attached hydrogens (tertiary/aromatic N) is 6. The molecule has 1 N–H and O–H groups in total. The van der Waals surface area contributed by atoms with E-state index in [4.69, 9.17) is 5.26 Å². The van der Waals surface area contributed by atoms with E-state index < -0.39 is 10.0 Å². The maximum absolute atomic E-state index is 12.6. The number of nitrogens with one attached hydrogen (secondary N) is 1. The predicted molar refractivity (Wildman–Crippen MR) is 134 cm³/mol. The van der Waals surface area contributed by atoms with Gasteiger partial charge in [-0.3, -0.25) is 9.48 Å². The van der Waals surface area contributed by atoms with Crippen LogP contribution in [0, 0.1) is 17.4 Å². The molecule has 1 aromatic carbocycles. The Morgan fingerprint density at radius 3 is 2.74 bits per heavy atom. The van der Waals surface area contributed by atoms with Crippen LogP contribution in [-0.4, -0.2) is 70.2 Å². The maximum atomic E-state index is 12.6. The van der Waals surface area contributed by atoms with E-state index in [-0.39, 0.29) is 23.6 Å². The van der Waals surface area contributed by atoms with Crippen LogP contribution in [0.2, 0.25) is 0 Å². The third kappa shape index (κ3) is 4.89. The third-order valence-corrected chi connectivity index (χ3v) is 9.62. The summed E-state index contributed by atoms with van der Waals surface area (Å²) in [6.45, 7) is 3.79. The first-order chi connectivity index (χ1) is 16.9. The molecular weight excluding hydrogens is 486 g/mol. The molecule has 2 aliphatic heterocycles. The summed E-state index contributed by atoms with van der Waals surface area (Å²) in [7, 11) is -3.14. The summed E-state index contributed by atoms with van der Waals surface area (Å²) in [5, 5.41) is 17.0. The number of fused-ring (bicyclic) bond motifs is 1. The molecule has 0 radical (unpaired) electrons. The fourth-order valence-electron chi connectivity index (χ4n) is 4.68. The topological polar surface area (TPSA) is 124 Å². The fraction of sp³-hybridized carbons (Fsp3) is 0.478. The summed E-state index contributed by atoms with van der Waals surface area (Å²) in [5.41, 5.74) is 2.81. The Bertz CT molecular complexity index is 1380. The Hall–Kier alpha value is -3.01. The zero-order chi connectivity index (χ0) is 24.6. The van der Waals surface area contributed by atoms with E-state index in [0.29, 0.717) is 37.7 Å². The van der Waals surface area contributed by atoms with E-state index >= 15 is 0 Å². The highest BCUT2D eigenvalue weighted by Crippen LogP contribution is 2.32. The number of likely N-dealkylation sites (tertiary alicyclic amines) is 1. The second-order valence-electron chi connectivity index (χ2n) is 8.96. The van der Waals surface area contributed by atoms with Gasteiger partial charge in [0.15, 0.2) is 11.3 Å². The van der Waals surface area contributed by atoms with Crippen molar-refractivity contribution in [2.75, 3.05) is 37.2 Å². The van der Waals surface area contributed by atoms with Gasteiger partial charge < -0.3 is 10.2 Å². The van der Waals surface area contributed by atoms with E-state index in [1.165, 1.54) is 11.3 Å². The standard InChI is InChI=1S/C23H27N7O3S2/c1-2-35(32,33)29-9-6-19(7-10-29)30-14-18(12-25-30)16-3-4-20-21(11-16)34-23(26-20)27-22(31)17-5-8-28(13-17)15-24/h3-4,11-12,14,17,19H,2,5-10,13H2,1H3,(H,26,27,31)/t17-/m0/s1. The van der Waals surface area contributed by atoms with Crippen molar-refractivity contribution < 1.29 is 13.2 Å². The number of thiazole rings is 1. The third-order valence-electron chi connectivity index (χ3n) is 6.81. The normalized spacial score (nSPS) is 19.8. The predicted octanol–water partition coefficient (Wildman–Crippen LogP) is 2.89. The molecule has 10 nitrogen and oxygen atoms in total. The summed E-state index contributed by atoms with van der Waals surface area (Å²) in [4.78, 5) is 18.7. The van der Waals surface area contributed by atoms with Crippen LogP contribution in [0.15, 0.2) is 30.6 Å². The van der Waals surface area contributed by atoms with Crippen molar-refractivity contribution in [3.05, 3.63) is 30.6 Å². The van der Waals surface area contributed by atoms with Crippen LogP contribution in [0.3, 0.4) is 0 Å². The highest BCUT2D eigenvalue weighted by Gasteiger charge is 2.29. The Labute approximate surface area is 208 Å². The average Bonchev–Trinajstić information content (AvgIpc) is 3.62. The van der Waals surface area contributed by atoms with Gasteiger partial charge in [-0.05, 0) is 43.9 Å². The van der Waals surface area contributed by atoms with Gasteiger partial charge in [0, 0.05) is 37.9 Å². The number of hydrogen-bond donors (Lipinski definition) is 1. The lowest BCUT2D eigenvalue weighted by Gasteiger charge is -2.31. The lowest BCUT2D eigenvalue weighted by atomic mass is 10.1. The molecule has 2 aromatic heterocycles. The van der Waals surface area contributed by atoms with Crippen molar-refractivity contribution in [3.63, 3.8) is 0 Å². The monoisotopic (exact) mass is 513 g/mol. The van der Waals surface area contributed by atoms with Crippen molar-refractivity contribution in [2.24, 2.45) is 5.92 Å². The number of anilines is 1. The van der Waals surface area contributed by atoms with Crippen LogP contribution in [0.1, 0.15) is 32.2 Å². The maximum Gasteiger partial charge on any atom is 0.231 e. The van der Waals surface area contributed by atoms with Crippen molar-refractivity contribution >= 4 is 42.6 Å². The SMILES string of the molecule is CCS(=O)(=O)N1CCC(n2cc(-c3ccc4nc(NC(=O)[C@H]5CCN(C#N)C5)sc4c3)cn2)CC1. The number of benzene rings is 1. The summed E-state index contributed by atoms with van der Waals surface area (Å²) in [5.74, 6) is -0.159. The smallest absolute Gasteiger partial charge is 0.231 e. The van der Waals surface area contributed by atoms with Gasteiger partial charge in [-0.2, -0.15) is 10.4 Å². The van der Waals surface area contributed by atoms with E-state index in [2.05, 4.69) is 21.6 Å². The van der Waals surface area contributed by atoms with E-state index in [1.807, 2.05) is 35.3 Å². The van der Waals surface area contributed by atoms with Gasteiger partial charge in [0.05, 0.1) is 34.1 Å². The molecule has 3 aromatic rings. The molecule has 1 amide bonds. The van der Waals surface area contributed by atoms with E-state index in [1.54, 1.807) is 16.1 Å².